The monoisotopic (exact) mass is 491 g/mol. The second kappa shape index (κ2) is 9.56. The van der Waals surface area contributed by atoms with E-state index in [1.807, 2.05) is 37.3 Å². The van der Waals surface area contributed by atoms with Crippen LogP contribution in [-0.2, 0) is 30.0 Å². The van der Waals surface area contributed by atoms with Crippen molar-refractivity contribution in [3.63, 3.8) is 0 Å². The molecule has 0 bridgehead atoms. The largest absolute Gasteiger partial charge is 0.342 e. The highest BCUT2D eigenvalue weighted by Gasteiger charge is 2.39. The predicted molar refractivity (Wildman–Crippen MR) is 131 cm³/mol. The lowest BCUT2D eigenvalue weighted by molar-refractivity contribution is -0.124. The number of amides is 1. The Morgan fingerprint density at radius 3 is 2.53 bits per heavy atom. The fourth-order valence-corrected chi connectivity index (χ4v) is 5.03. The first-order valence-electron chi connectivity index (χ1n) is 12.3. The SMILES string of the molecule is CCn1cnc2c1c(=O)n(CC(=O)NC1(c3noc(C)n3)CCCCC1)c(=O)n2Cc1ccccc1. The Hall–Kier alpha value is -4.02. The van der Waals surface area contributed by atoms with E-state index >= 15 is 0 Å². The molecule has 1 fully saturated rings. The molecule has 1 aliphatic rings. The molecular weight excluding hydrogens is 462 g/mol. The Kier molecular flexibility index (Phi) is 6.29. The van der Waals surface area contributed by atoms with Crippen LogP contribution in [0.3, 0.4) is 0 Å². The third kappa shape index (κ3) is 4.25. The summed E-state index contributed by atoms with van der Waals surface area (Å²) in [6.07, 6.45) is 5.72. The number of nitrogens with one attached hydrogen (secondary N) is 1. The summed E-state index contributed by atoms with van der Waals surface area (Å²) >= 11 is 0. The van der Waals surface area contributed by atoms with Gasteiger partial charge in [0.25, 0.3) is 5.56 Å². The molecule has 0 saturated heterocycles. The van der Waals surface area contributed by atoms with Gasteiger partial charge >= 0.3 is 5.69 Å². The van der Waals surface area contributed by atoms with Crippen LogP contribution in [-0.4, -0.2) is 34.7 Å². The van der Waals surface area contributed by atoms with Crippen LogP contribution in [0, 0.1) is 6.92 Å². The van der Waals surface area contributed by atoms with Crippen LogP contribution in [0.4, 0.5) is 0 Å². The number of aromatic nitrogens is 6. The fraction of sp³-hybridized carbons (Fsp3) is 0.440. The van der Waals surface area contributed by atoms with E-state index in [0.29, 0.717) is 42.3 Å². The number of fused-ring (bicyclic) bond motifs is 1. The van der Waals surface area contributed by atoms with Gasteiger partial charge in [0.05, 0.1) is 12.9 Å². The van der Waals surface area contributed by atoms with Gasteiger partial charge < -0.3 is 14.4 Å². The van der Waals surface area contributed by atoms with E-state index in [2.05, 4.69) is 20.4 Å². The molecule has 0 unspecified atom stereocenters. The van der Waals surface area contributed by atoms with Crippen LogP contribution in [0.2, 0.25) is 0 Å². The van der Waals surface area contributed by atoms with Crippen molar-refractivity contribution in [1.29, 1.82) is 0 Å². The quantitative estimate of drug-likeness (QED) is 0.419. The first-order valence-corrected chi connectivity index (χ1v) is 12.3. The van der Waals surface area contributed by atoms with Gasteiger partial charge in [-0.3, -0.25) is 14.2 Å². The lowest BCUT2D eigenvalue weighted by atomic mass is 9.81. The molecule has 36 heavy (non-hydrogen) atoms. The van der Waals surface area contributed by atoms with Crippen LogP contribution in [0.15, 0.2) is 50.8 Å². The van der Waals surface area contributed by atoms with Crippen LogP contribution in [0.5, 0.6) is 0 Å². The highest BCUT2D eigenvalue weighted by Crippen LogP contribution is 2.35. The predicted octanol–water partition coefficient (Wildman–Crippen LogP) is 2.10. The number of nitrogens with zero attached hydrogens (tertiary/aromatic N) is 6. The summed E-state index contributed by atoms with van der Waals surface area (Å²) in [5.41, 5.74) is -0.423. The molecule has 3 heterocycles. The lowest BCUT2D eigenvalue weighted by Crippen LogP contribution is -2.51. The van der Waals surface area contributed by atoms with Gasteiger partial charge in [0, 0.05) is 13.5 Å². The third-order valence-electron chi connectivity index (χ3n) is 6.85. The zero-order chi connectivity index (χ0) is 25.3. The molecule has 1 aliphatic carbocycles. The molecule has 11 nitrogen and oxygen atoms in total. The number of hydrogen-bond acceptors (Lipinski definition) is 7. The number of carbonyl (C=O) groups is 1. The minimum Gasteiger partial charge on any atom is -0.342 e. The average molecular weight is 492 g/mol. The number of rotatable bonds is 7. The molecule has 0 atom stereocenters. The highest BCUT2D eigenvalue weighted by atomic mass is 16.5. The topological polar surface area (TPSA) is 130 Å². The summed E-state index contributed by atoms with van der Waals surface area (Å²) in [7, 11) is 0. The van der Waals surface area contributed by atoms with Crippen molar-refractivity contribution in [1.82, 2.24) is 34.1 Å². The molecular formula is C25H29N7O4. The van der Waals surface area contributed by atoms with E-state index in [-0.39, 0.29) is 6.54 Å². The van der Waals surface area contributed by atoms with Crippen molar-refractivity contribution in [2.45, 2.75) is 71.1 Å². The van der Waals surface area contributed by atoms with Crippen LogP contribution < -0.4 is 16.6 Å². The summed E-state index contributed by atoms with van der Waals surface area (Å²) < 4.78 is 9.32. The van der Waals surface area contributed by atoms with E-state index in [1.165, 1.54) is 4.57 Å². The van der Waals surface area contributed by atoms with Gasteiger partial charge in [-0.2, -0.15) is 4.98 Å². The van der Waals surface area contributed by atoms with E-state index in [9.17, 15) is 14.4 Å². The Morgan fingerprint density at radius 1 is 1.11 bits per heavy atom. The molecule has 11 heteroatoms. The van der Waals surface area contributed by atoms with Crippen molar-refractivity contribution in [2.24, 2.45) is 0 Å². The van der Waals surface area contributed by atoms with Gasteiger partial charge in [0.2, 0.25) is 11.8 Å². The molecule has 0 spiro atoms. The van der Waals surface area contributed by atoms with E-state index in [0.717, 1.165) is 29.4 Å². The number of benzene rings is 1. The summed E-state index contributed by atoms with van der Waals surface area (Å²) in [5, 5.41) is 7.13. The summed E-state index contributed by atoms with van der Waals surface area (Å²) in [4.78, 5) is 49.1. The normalized spacial score (nSPS) is 15.3. The number of hydrogen-bond donors (Lipinski definition) is 1. The molecule has 1 amide bonds. The van der Waals surface area contributed by atoms with Crippen molar-refractivity contribution in [3.05, 3.63) is 74.8 Å². The maximum Gasteiger partial charge on any atom is 0.333 e. The molecule has 3 aromatic heterocycles. The number of imidazole rings is 1. The van der Waals surface area contributed by atoms with Crippen molar-refractivity contribution < 1.29 is 9.32 Å². The maximum absolute atomic E-state index is 13.5. The summed E-state index contributed by atoms with van der Waals surface area (Å²) in [6, 6.07) is 9.46. The number of carbonyl (C=O) groups excluding carboxylic acids is 1. The molecule has 1 aromatic carbocycles. The lowest BCUT2D eigenvalue weighted by Gasteiger charge is -2.35. The van der Waals surface area contributed by atoms with Crippen molar-refractivity contribution in [3.8, 4) is 0 Å². The molecule has 4 aromatic rings. The van der Waals surface area contributed by atoms with Crippen molar-refractivity contribution in [2.75, 3.05) is 0 Å². The van der Waals surface area contributed by atoms with Crippen molar-refractivity contribution >= 4 is 17.1 Å². The molecule has 5 rings (SSSR count). The zero-order valence-corrected chi connectivity index (χ0v) is 20.4. The summed E-state index contributed by atoms with van der Waals surface area (Å²) in [5.74, 6) is 0.399. The van der Waals surface area contributed by atoms with E-state index in [4.69, 9.17) is 4.52 Å². The Labute approximate surface area is 206 Å². The van der Waals surface area contributed by atoms with E-state index < -0.39 is 29.2 Å². The van der Waals surface area contributed by atoms with E-state index in [1.54, 1.807) is 17.8 Å². The van der Waals surface area contributed by atoms with Crippen LogP contribution in [0.1, 0.15) is 56.3 Å². The van der Waals surface area contributed by atoms with Gasteiger partial charge in [0.15, 0.2) is 17.0 Å². The number of aryl methyl sites for hydroxylation is 2. The molecule has 1 N–H and O–H groups in total. The smallest absolute Gasteiger partial charge is 0.333 e. The zero-order valence-electron chi connectivity index (χ0n) is 20.4. The second-order valence-corrected chi connectivity index (χ2v) is 9.28. The highest BCUT2D eigenvalue weighted by molar-refractivity contribution is 5.77. The Balaban J connectivity index is 1.54. The van der Waals surface area contributed by atoms with Gasteiger partial charge in [-0.15, -0.1) is 0 Å². The van der Waals surface area contributed by atoms with Crippen LogP contribution in [0.25, 0.3) is 11.2 Å². The minimum absolute atomic E-state index is 0.227. The van der Waals surface area contributed by atoms with Gasteiger partial charge in [0.1, 0.15) is 12.1 Å². The first-order chi connectivity index (χ1) is 17.4. The molecule has 0 radical (unpaired) electrons. The Bertz CT molecular complexity index is 1510. The molecule has 1 saturated carbocycles. The van der Waals surface area contributed by atoms with Crippen LogP contribution >= 0.6 is 0 Å². The minimum atomic E-state index is -0.783. The summed E-state index contributed by atoms with van der Waals surface area (Å²) in [6.45, 7) is 3.90. The third-order valence-corrected chi connectivity index (χ3v) is 6.85. The fourth-order valence-electron chi connectivity index (χ4n) is 5.03. The standard InChI is InChI=1S/C25H29N7O4/c1-3-30-16-26-21-20(30)22(34)32(24(35)31(21)14-18-10-6-4-7-11-18)15-19(33)28-25(12-8-5-9-13-25)23-27-17(2)36-29-23/h4,6-7,10-11,16H,3,5,8-9,12-15H2,1-2H3,(H,28,33). The maximum atomic E-state index is 13.5. The average Bonchev–Trinajstić information content (AvgIpc) is 3.52. The molecule has 0 aliphatic heterocycles. The van der Waals surface area contributed by atoms with Gasteiger partial charge in [-0.25, -0.2) is 14.3 Å². The second-order valence-electron chi connectivity index (χ2n) is 9.28. The molecule has 188 valence electrons. The van der Waals surface area contributed by atoms with Gasteiger partial charge in [-0.05, 0) is 25.3 Å². The Morgan fingerprint density at radius 2 is 1.86 bits per heavy atom. The van der Waals surface area contributed by atoms with Gasteiger partial charge in [-0.1, -0.05) is 54.8 Å². The first kappa shape index (κ1) is 23.7.